The van der Waals surface area contributed by atoms with Crippen LogP contribution in [0.2, 0.25) is 0 Å². The van der Waals surface area contributed by atoms with E-state index in [0.29, 0.717) is 47.2 Å². The lowest BCUT2D eigenvalue weighted by Gasteiger charge is -2.19. The van der Waals surface area contributed by atoms with Crippen LogP contribution < -0.4 is 20.1 Å². The van der Waals surface area contributed by atoms with Crippen molar-refractivity contribution < 1.29 is 23.6 Å². The van der Waals surface area contributed by atoms with Gasteiger partial charge in [-0.1, -0.05) is 35.5 Å². The van der Waals surface area contributed by atoms with E-state index in [1.807, 2.05) is 30.3 Å². The van der Waals surface area contributed by atoms with Crippen molar-refractivity contribution in [3.8, 4) is 22.8 Å². The molecule has 8 heteroatoms. The number of nitrogens with one attached hydrogen (secondary N) is 2. The van der Waals surface area contributed by atoms with Gasteiger partial charge in [-0.05, 0) is 37.3 Å². The zero-order valence-corrected chi connectivity index (χ0v) is 17.8. The van der Waals surface area contributed by atoms with Crippen molar-refractivity contribution in [3.63, 3.8) is 0 Å². The molecule has 8 nitrogen and oxygen atoms in total. The molecule has 1 aliphatic heterocycles. The molecule has 1 aliphatic rings. The number of ether oxygens (including phenoxy) is 2. The number of fused-ring (bicyclic) bond motifs is 2. The zero-order chi connectivity index (χ0) is 22.8. The molecule has 0 spiro atoms. The van der Waals surface area contributed by atoms with E-state index in [-0.39, 0.29) is 11.8 Å². The number of carbonyl (C=O) groups excluding carboxylic acids is 2. The van der Waals surface area contributed by atoms with Crippen molar-refractivity contribution in [2.24, 2.45) is 0 Å². The minimum absolute atomic E-state index is 0.351. The number of amides is 2. The standard InChI is InChI=1S/C25H21N3O5/c1-15(24(29)27-18-8-10-21-22(14-18)32-12-11-31-21)26-25(30)17-7-9-20-19(13-17)23(33-28-20)16-5-3-2-4-6-16/h2-10,13-15H,11-12H2,1H3,(H,26,30)(H,27,29)/t15-/m0/s1. The van der Waals surface area contributed by atoms with Crippen molar-refractivity contribution in [2.45, 2.75) is 13.0 Å². The SMILES string of the molecule is C[C@H](NC(=O)c1ccc2noc(-c3ccccc3)c2c1)C(=O)Nc1ccc2c(c1)OCCO2. The summed E-state index contributed by atoms with van der Waals surface area (Å²) in [6.07, 6.45) is 0. The quantitative estimate of drug-likeness (QED) is 0.483. The third kappa shape index (κ3) is 4.23. The molecule has 33 heavy (non-hydrogen) atoms. The number of carbonyl (C=O) groups is 2. The molecule has 1 atom stereocenters. The summed E-state index contributed by atoms with van der Waals surface area (Å²) in [5.74, 6) is 1.08. The lowest BCUT2D eigenvalue weighted by Crippen LogP contribution is -2.41. The number of nitrogens with zero attached hydrogens (tertiary/aromatic N) is 1. The second-order valence-corrected chi connectivity index (χ2v) is 7.65. The Balaban J connectivity index is 1.29. The lowest BCUT2D eigenvalue weighted by atomic mass is 10.1. The van der Waals surface area contributed by atoms with Crippen LogP contribution in [0.15, 0.2) is 71.3 Å². The zero-order valence-electron chi connectivity index (χ0n) is 17.8. The van der Waals surface area contributed by atoms with Gasteiger partial charge in [0.1, 0.15) is 24.8 Å². The molecule has 0 radical (unpaired) electrons. The average molecular weight is 443 g/mol. The van der Waals surface area contributed by atoms with Gasteiger partial charge in [0.25, 0.3) is 5.91 Å². The van der Waals surface area contributed by atoms with Crippen molar-refractivity contribution in [2.75, 3.05) is 18.5 Å². The van der Waals surface area contributed by atoms with Crippen LogP contribution in [0, 0.1) is 0 Å². The molecule has 2 amide bonds. The fourth-order valence-corrected chi connectivity index (χ4v) is 3.60. The first-order chi connectivity index (χ1) is 16.1. The highest BCUT2D eigenvalue weighted by Gasteiger charge is 2.20. The van der Waals surface area contributed by atoms with E-state index >= 15 is 0 Å². The normalized spacial score (nSPS) is 13.4. The van der Waals surface area contributed by atoms with Crippen LogP contribution in [0.5, 0.6) is 11.5 Å². The molecule has 3 aromatic carbocycles. The highest BCUT2D eigenvalue weighted by molar-refractivity contribution is 6.04. The van der Waals surface area contributed by atoms with Gasteiger partial charge >= 0.3 is 0 Å². The smallest absolute Gasteiger partial charge is 0.251 e. The number of hydrogen-bond donors (Lipinski definition) is 2. The summed E-state index contributed by atoms with van der Waals surface area (Å²) in [6.45, 7) is 2.58. The molecule has 2 N–H and O–H groups in total. The molecule has 0 aliphatic carbocycles. The van der Waals surface area contributed by atoms with E-state index < -0.39 is 6.04 Å². The number of anilines is 1. The molecule has 0 saturated carbocycles. The van der Waals surface area contributed by atoms with Crippen LogP contribution in [-0.4, -0.2) is 36.2 Å². The van der Waals surface area contributed by atoms with Gasteiger partial charge in [0.15, 0.2) is 17.3 Å². The fraction of sp³-hybridized carbons (Fsp3) is 0.160. The summed E-state index contributed by atoms with van der Waals surface area (Å²) < 4.78 is 16.5. The van der Waals surface area contributed by atoms with Gasteiger partial charge < -0.3 is 24.6 Å². The first-order valence-corrected chi connectivity index (χ1v) is 10.5. The van der Waals surface area contributed by atoms with E-state index in [2.05, 4.69) is 15.8 Å². The molecular formula is C25H21N3O5. The topological polar surface area (TPSA) is 103 Å². The first-order valence-electron chi connectivity index (χ1n) is 10.5. The minimum atomic E-state index is -0.766. The van der Waals surface area contributed by atoms with Crippen LogP contribution >= 0.6 is 0 Å². The van der Waals surface area contributed by atoms with Crippen LogP contribution in [-0.2, 0) is 4.79 Å². The van der Waals surface area contributed by atoms with Crippen LogP contribution in [0.3, 0.4) is 0 Å². The Bertz CT molecular complexity index is 1330. The van der Waals surface area contributed by atoms with Crippen molar-refractivity contribution in [3.05, 3.63) is 72.3 Å². The monoisotopic (exact) mass is 443 g/mol. The predicted molar refractivity (Wildman–Crippen MR) is 122 cm³/mol. The average Bonchev–Trinajstić information content (AvgIpc) is 3.27. The number of benzene rings is 3. The molecule has 1 aromatic heterocycles. The second kappa shape index (κ2) is 8.66. The van der Waals surface area contributed by atoms with Gasteiger partial charge in [-0.3, -0.25) is 9.59 Å². The molecule has 0 fully saturated rings. The van der Waals surface area contributed by atoms with Crippen LogP contribution in [0.25, 0.3) is 22.2 Å². The number of aromatic nitrogens is 1. The molecule has 166 valence electrons. The van der Waals surface area contributed by atoms with E-state index in [4.69, 9.17) is 14.0 Å². The fourth-order valence-electron chi connectivity index (χ4n) is 3.60. The van der Waals surface area contributed by atoms with Gasteiger partial charge in [0, 0.05) is 22.9 Å². The Kier molecular flexibility index (Phi) is 5.40. The van der Waals surface area contributed by atoms with Crippen LogP contribution in [0.1, 0.15) is 17.3 Å². The Morgan fingerprint density at radius 1 is 0.939 bits per heavy atom. The van der Waals surface area contributed by atoms with E-state index in [9.17, 15) is 9.59 Å². The molecule has 5 rings (SSSR count). The third-order valence-electron chi connectivity index (χ3n) is 5.33. The summed E-state index contributed by atoms with van der Waals surface area (Å²) in [6, 6.07) is 19.0. The molecular weight excluding hydrogens is 422 g/mol. The summed E-state index contributed by atoms with van der Waals surface area (Å²) >= 11 is 0. The van der Waals surface area contributed by atoms with E-state index in [0.717, 1.165) is 10.9 Å². The molecule has 2 heterocycles. The summed E-state index contributed by atoms with van der Waals surface area (Å²) in [7, 11) is 0. The predicted octanol–water partition coefficient (Wildman–Crippen LogP) is 4.02. The molecule has 0 unspecified atom stereocenters. The number of rotatable bonds is 5. The van der Waals surface area contributed by atoms with E-state index in [1.54, 1.807) is 43.3 Å². The highest BCUT2D eigenvalue weighted by atomic mass is 16.6. The maximum Gasteiger partial charge on any atom is 0.251 e. The molecule has 4 aromatic rings. The van der Waals surface area contributed by atoms with Crippen LogP contribution in [0.4, 0.5) is 5.69 Å². The Labute approximate surface area is 189 Å². The highest BCUT2D eigenvalue weighted by Crippen LogP contribution is 2.32. The van der Waals surface area contributed by atoms with Gasteiger partial charge in [0.05, 0.1) is 5.39 Å². The van der Waals surface area contributed by atoms with E-state index in [1.165, 1.54) is 0 Å². The maximum absolute atomic E-state index is 12.8. The van der Waals surface area contributed by atoms with Gasteiger partial charge in [0.2, 0.25) is 5.91 Å². The summed E-state index contributed by atoms with van der Waals surface area (Å²) in [4.78, 5) is 25.5. The Morgan fingerprint density at radius 3 is 2.55 bits per heavy atom. The first kappa shape index (κ1) is 20.6. The Morgan fingerprint density at radius 2 is 1.73 bits per heavy atom. The lowest BCUT2D eigenvalue weighted by molar-refractivity contribution is -0.117. The third-order valence-corrected chi connectivity index (χ3v) is 5.33. The molecule has 0 saturated heterocycles. The van der Waals surface area contributed by atoms with Gasteiger partial charge in [-0.25, -0.2) is 0 Å². The summed E-state index contributed by atoms with van der Waals surface area (Å²) in [5, 5.41) is 10.3. The summed E-state index contributed by atoms with van der Waals surface area (Å²) in [5.41, 5.74) is 2.48. The van der Waals surface area contributed by atoms with Gasteiger partial charge in [-0.2, -0.15) is 0 Å². The second-order valence-electron chi connectivity index (χ2n) is 7.65. The van der Waals surface area contributed by atoms with Crippen molar-refractivity contribution >= 4 is 28.4 Å². The number of hydrogen-bond acceptors (Lipinski definition) is 6. The van der Waals surface area contributed by atoms with Crippen molar-refractivity contribution in [1.82, 2.24) is 10.5 Å². The van der Waals surface area contributed by atoms with Crippen molar-refractivity contribution in [1.29, 1.82) is 0 Å². The largest absolute Gasteiger partial charge is 0.486 e. The maximum atomic E-state index is 12.8. The minimum Gasteiger partial charge on any atom is -0.486 e. The van der Waals surface area contributed by atoms with Gasteiger partial charge in [-0.15, -0.1) is 0 Å². The molecule has 0 bridgehead atoms. The Hall–Kier alpha value is -4.33.